The van der Waals surface area contributed by atoms with Gasteiger partial charge in [0, 0.05) is 23.7 Å². The molecule has 2 aliphatic carbocycles. The molecule has 158 valence electrons. The number of methoxy groups -OCH3 is 1. The van der Waals surface area contributed by atoms with E-state index in [0.29, 0.717) is 23.3 Å². The van der Waals surface area contributed by atoms with E-state index < -0.39 is 12.1 Å². The van der Waals surface area contributed by atoms with Crippen LogP contribution in [0.5, 0.6) is 0 Å². The minimum atomic E-state index is -0.591. The second-order valence-electron chi connectivity index (χ2n) is 8.28. The van der Waals surface area contributed by atoms with Gasteiger partial charge in [-0.05, 0) is 49.1 Å². The molecule has 4 rings (SSSR count). The quantitative estimate of drug-likeness (QED) is 0.541. The lowest BCUT2D eigenvalue weighted by Gasteiger charge is -2.48. The topological polar surface area (TPSA) is 71.1 Å². The number of fused-ring (bicyclic) bond motifs is 2. The van der Waals surface area contributed by atoms with E-state index in [1.54, 1.807) is 38.3 Å². The van der Waals surface area contributed by atoms with Crippen LogP contribution in [-0.2, 0) is 23.7 Å². The number of hydrogen-bond acceptors (Lipinski definition) is 6. The molecule has 1 heterocycles. The zero-order valence-corrected chi connectivity index (χ0v) is 17.6. The molecule has 0 bridgehead atoms. The maximum absolute atomic E-state index is 12.7. The average Bonchev–Trinajstić information content (AvgIpc) is 3.01. The van der Waals surface area contributed by atoms with E-state index in [4.69, 9.17) is 18.9 Å². The van der Waals surface area contributed by atoms with Gasteiger partial charge >= 0.3 is 11.9 Å². The van der Waals surface area contributed by atoms with E-state index in [9.17, 15) is 9.59 Å². The van der Waals surface area contributed by atoms with E-state index in [-0.39, 0.29) is 30.2 Å². The van der Waals surface area contributed by atoms with Crippen molar-refractivity contribution in [1.29, 1.82) is 0 Å². The Labute approximate surface area is 176 Å². The second kappa shape index (κ2) is 7.85. The SMILES string of the molecule is COCO[C@H]1[C@@H](OC(=O)c2ccccc2)C=C2C=C3OC(=O)C(C)=C3C[C@]2(C)[C@H]1C. The first-order chi connectivity index (χ1) is 14.3. The Morgan fingerprint density at radius 3 is 2.70 bits per heavy atom. The molecule has 0 spiro atoms. The van der Waals surface area contributed by atoms with Crippen molar-refractivity contribution in [3.05, 3.63) is 70.5 Å². The van der Waals surface area contributed by atoms with Crippen molar-refractivity contribution >= 4 is 11.9 Å². The minimum absolute atomic E-state index is 0.00461. The molecule has 0 saturated heterocycles. The first kappa shape index (κ1) is 20.6. The van der Waals surface area contributed by atoms with E-state index in [2.05, 4.69) is 13.8 Å². The van der Waals surface area contributed by atoms with Crippen LogP contribution in [0.25, 0.3) is 0 Å². The predicted octanol–water partition coefficient (Wildman–Crippen LogP) is 3.94. The fourth-order valence-corrected chi connectivity index (χ4v) is 4.49. The maximum Gasteiger partial charge on any atom is 0.339 e. The summed E-state index contributed by atoms with van der Waals surface area (Å²) in [7, 11) is 1.56. The zero-order valence-electron chi connectivity index (χ0n) is 17.6. The maximum atomic E-state index is 12.7. The van der Waals surface area contributed by atoms with Crippen LogP contribution in [0.2, 0.25) is 0 Å². The van der Waals surface area contributed by atoms with E-state index in [0.717, 1.165) is 11.1 Å². The van der Waals surface area contributed by atoms with Crippen molar-refractivity contribution in [2.75, 3.05) is 13.9 Å². The van der Waals surface area contributed by atoms with Crippen LogP contribution in [-0.4, -0.2) is 38.0 Å². The van der Waals surface area contributed by atoms with Gasteiger partial charge in [-0.2, -0.15) is 0 Å². The molecule has 1 aliphatic heterocycles. The molecule has 0 amide bonds. The highest BCUT2D eigenvalue weighted by molar-refractivity contribution is 5.94. The molecule has 0 fully saturated rings. The lowest BCUT2D eigenvalue weighted by Crippen LogP contribution is -2.49. The number of allylic oxidation sites excluding steroid dienone is 3. The third-order valence-corrected chi connectivity index (χ3v) is 6.55. The summed E-state index contributed by atoms with van der Waals surface area (Å²) in [6.45, 7) is 6.13. The monoisotopic (exact) mass is 410 g/mol. The van der Waals surface area contributed by atoms with Crippen LogP contribution < -0.4 is 0 Å². The molecule has 4 atom stereocenters. The van der Waals surface area contributed by atoms with Gasteiger partial charge in [0.1, 0.15) is 24.8 Å². The molecule has 0 saturated carbocycles. The largest absolute Gasteiger partial charge is 0.452 e. The minimum Gasteiger partial charge on any atom is -0.452 e. The zero-order chi connectivity index (χ0) is 21.5. The van der Waals surface area contributed by atoms with Crippen LogP contribution >= 0.6 is 0 Å². The molecular formula is C24H26O6. The number of ether oxygens (including phenoxy) is 4. The predicted molar refractivity (Wildman–Crippen MR) is 109 cm³/mol. The molecule has 30 heavy (non-hydrogen) atoms. The molecule has 0 unspecified atom stereocenters. The van der Waals surface area contributed by atoms with Gasteiger partial charge in [-0.25, -0.2) is 9.59 Å². The van der Waals surface area contributed by atoms with Crippen LogP contribution in [0.15, 0.2) is 65.0 Å². The van der Waals surface area contributed by atoms with Crippen molar-refractivity contribution in [3.63, 3.8) is 0 Å². The Bertz CT molecular complexity index is 957. The number of esters is 2. The van der Waals surface area contributed by atoms with Gasteiger partial charge in [0.15, 0.2) is 0 Å². The number of carbonyl (C=O) groups excluding carboxylic acids is 2. The summed E-state index contributed by atoms with van der Waals surface area (Å²) in [6.07, 6.45) is 3.51. The Morgan fingerprint density at radius 1 is 1.27 bits per heavy atom. The lowest BCUT2D eigenvalue weighted by molar-refractivity contribution is -0.142. The van der Waals surface area contributed by atoms with Crippen molar-refractivity contribution < 1.29 is 28.5 Å². The van der Waals surface area contributed by atoms with E-state index in [1.807, 2.05) is 18.2 Å². The van der Waals surface area contributed by atoms with E-state index in [1.165, 1.54) is 0 Å². The molecule has 0 aromatic heterocycles. The Balaban J connectivity index is 1.71. The second-order valence-corrected chi connectivity index (χ2v) is 8.28. The molecule has 6 nitrogen and oxygen atoms in total. The highest BCUT2D eigenvalue weighted by Crippen LogP contribution is 2.54. The van der Waals surface area contributed by atoms with Crippen molar-refractivity contribution in [2.45, 2.75) is 39.4 Å². The Kier molecular flexibility index (Phi) is 5.38. The summed E-state index contributed by atoms with van der Waals surface area (Å²) < 4.78 is 22.4. The molecule has 6 heteroatoms. The van der Waals surface area contributed by atoms with E-state index >= 15 is 0 Å². The lowest BCUT2D eigenvalue weighted by atomic mass is 9.60. The fraction of sp³-hybridized carbons (Fsp3) is 0.417. The van der Waals surface area contributed by atoms with Gasteiger partial charge in [0.25, 0.3) is 0 Å². The summed E-state index contributed by atoms with van der Waals surface area (Å²) in [5, 5.41) is 0. The van der Waals surface area contributed by atoms with Crippen LogP contribution in [0.4, 0.5) is 0 Å². The number of rotatable bonds is 5. The third kappa shape index (κ3) is 3.40. The first-order valence-electron chi connectivity index (χ1n) is 10.1. The van der Waals surface area contributed by atoms with Crippen molar-refractivity contribution in [2.24, 2.45) is 11.3 Å². The van der Waals surface area contributed by atoms with Crippen molar-refractivity contribution in [3.8, 4) is 0 Å². The van der Waals surface area contributed by atoms with Crippen LogP contribution in [0.3, 0.4) is 0 Å². The highest BCUT2D eigenvalue weighted by Gasteiger charge is 2.51. The van der Waals surface area contributed by atoms with Gasteiger partial charge in [-0.15, -0.1) is 0 Å². The van der Waals surface area contributed by atoms with Gasteiger partial charge < -0.3 is 18.9 Å². The summed E-state index contributed by atoms with van der Waals surface area (Å²) in [5.74, 6) is -0.120. The normalized spacial score (nSPS) is 30.1. The van der Waals surface area contributed by atoms with Gasteiger partial charge in [-0.1, -0.05) is 32.0 Å². The molecule has 0 N–H and O–H groups in total. The number of carbonyl (C=O) groups is 2. The standard InChI is InChI=1S/C24H26O6/c1-14-18-12-24(3)15(2)21(28-13-27-4)20(11-17(24)10-19(18)29-22(14)25)30-23(26)16-8-6-5-7-9-16/h5-11,15,20-21H,12-13H2,1-4H3/t15-,20-,21+,24+/m0/s1. The summed E-state index contributed by atoms with van der Waals surface area (Å²) in [6, 6.07) is 8.88. The van der Waals surface area contributed by atoms with Gasteiger partial charge in [-0.3, -0.25) is 0 Å². The molecular weight excluding hydrogens is 384 g/mol. The smallest absolute Gasteiger partial charge is 0.339 e. The third-order valence-electron chi connectivity index (χ3n) is 6.55. The van der Waals surface area contributed by atoms with Crippen LogP contribution in [0.1, 0.15) is 37.6 Å². The summed E-state index contributed by atoms with van der Waals surface area (Å²) in [5.41, 5.74) is 2.77. The molecule has 1 aromatic carbocycles. The van der Waals surface area contributed by atoms with Crippen molar-refractivity contribution in [1.82, 2.24) is 0 Å². The highest BCUT2D eigenvalue weighted by atomic mass is 16.7. The van der Waals surface area contributed by atoms with Gasteiger partial charge in [0.05, 0.1) is 5.56 Å². The molecule has 0 radical (unpaired) electrons. The van der Waals surface area contributed by atoms with Gasteiger partial charge in [0.2, 0.25) is 0 Å². The summed E-state index contributed by atoms with van der Waals surface area (Å²) in [4.78, 5) is 24.8. The fourth-order valence-electron chi connectivity index (χ4n) is 4.49. The van der Waals surface area contributed by atoms with Crippen LogP contribution in [0, 0.1) is 11.3 Å². The number of benzene rings is 1. The Hall–Kier alpha value is -2.70. The molecule has 1 aromatic rings. The Morgan fingerprint density at radius 2 is 2.00 bits per heavy atom. The molecule has 3 aliphatic rings. The number of hydrogen-bond donors (Lipinski definition) is 0. The summed E-state index contributed by atoms with van der Waals surface area (Å²) >= 11 is 0. The first-order valence-corrected chi connectivity index (χ1v) is 10.1. The average molecular weight is 410 g/mol.